The van der Waals surface area contributed by atoms with E-state index in [1.165, 1.54) is 7.11 Å². The summed E-state index contributed by atoms with van der Waals surface area (Å²) in [5.74, 6) is -1.84. The Kier molecular flexibility index (Phi) is 2.79. The summed E-state index contributed by atoms with van der Waals surface area (Å²) in [7, 11) is 1.48. The maximum Gasteiger partial charge on any atom is 0.233 e. The van der Waals surface area contributed by atoms with Gasteiger partial charge in [0.25, 0.3) is 0 Å². The summed E-state index contributed by atoms with van der Waals surface area (Å²) in [5.41, 5.74) is 1.76. The summed E-state index contributed by atoms with van der Waals surface area (Å²) in [6.07, 6.45) is 2.56. The average molecular weight is 220 g/mol. The van der Waals surface area contributed by atoms with Crippen LogP contribution in [0.2, 0.25) is 0 Å². The highest BCUT2D eigenvalue weighted by atomic mass is 19.2. The molecule has 0 amide bonds. The molecule has 1 aromatic rings. The van der Waals surface area contributed by atoms with Gasteiger partial charge < -0.3 is 9.84 Å². The van der Waals surface area contributed by atoms with E-state index in [-0.39, 0.29) is 6.42 Å². The molecule has 0 spiro atoms. The molecular formula is C13H13FO2. The number of allylic oxidation sites excluding steroid dienone is 2. The molecule has 0 radical (unpaired) electrons. The van der Waals surface area contributed by atoms with Crippen LogP contribution < -0.4 is 0 Å². The molecule has 0 aromatic heterocycles. The van der Waals surface area contributed by atoms with Gasteiger partial charge in [-0.05, 0) is 17.7 Å². The van der Waals surface area contributed by atoms with E-state index in [4.69, 9.17) is 4.74 Å². The molecule has 0 bridgehead atoms. The topological polar surface area (TPSA) is 29.5 Å². The highest BCUT2D eigenvalue weighted by molar-refractivity contribution is 5.77. The van der Waals surface area contributed by atoms with Crippen LogP contribution >= 0.6 is 0 Å². The van der Waals surface area contributed by atoms with Gasteiger partial charge >= 0.3 is 0 Å². The van der Waals surface area contributed by atoms with Crippen molar-refractivity contribution in [3.8, 4) is 0 Å². The molecule has 1 aliphatic carbocycles. The van der Waals surface area contributed by atoms with E-state index < -0.39 is 5.85 Å². The summed E-state index contributed by atoms with van der Waals surface area (Å²) in [6.45, 7) is 0. The van der Waals surface area contributed by atoms with Crippen molar-refractivity contribution in [3.63, 3.8) is 0 Å². The second-order valence-electron chi connectivity index (χ2n) is 3.74. The fraction of sp³-hybridized carbons (Fsp3) is 0.231. The third kappa shape index (κ3) is 2.14. The number of halogens is 1. The second kappa shape index (κ2) is 4.10. The molecule has 0 saturated heterocycles. The number of aliphatic hydroxyl groups is 1. The van der Waals surface area contributed by atoms with Crippen LogP contribution in [0.3, 0.4) is 0 Å². The fourth-order valence-electron chi connectivity index (χ4n) is 1.74. The van der Waals surface area contributed by atoms with Crippen molar-refractivity contribution in [2.45, 2.75) is 12.3 Å². The van der Waals surface area contributed by atoms with E-state index in [1.807, 2.05) is 30.3 Å². The van der Waals surface area contributed by atoms with Crippen molar-refractivity contribution in [2.24, 2.45) is 0 Å². The number of methoxy groups -OCH3 is 1. The Morgan fingerprint density at radius 1 is 1.31 bits per heavy atom. The summed E-state index contributed by atoms with van der Waals surface area (Å²) < 4.78 is 18.5. The van der Waals surface area contributed by atoms with Crippen LogP contribution in [0, 0.1) is 0 Å². The van der Waals surface area contributed by atoms with Crippen molar-refractivity contribution in [3.05, 3.63) is 53.8 Å². The number of ether oxygens (including phenoxy) is 1. The Morgan fingerprint density at radius 3 is 2.62 bits per heavy atom. The average Bonchev–Trinajstić information content (AvgIpc) is 2.29. The molecule has 2 nitrogen and oxygen atoms in total. The molecule has 1 atom stereocenters. The van der Waals surface area contributed by atoms with Crippen LogP contribution in [-0.2, 0) is 4.74 Å². The molecule has 1 N–H and O–H groups in total. The SMILES string of the molecule is COC1=C(c2ccccc2)C=CC(O)(F)C1. The van der Waals surface area contributed by atoms with Crippen LogP contribution in [0.25, 0.3) is 5.57 Å². The molecular weight excluding hydrogens is 207 g/mol. The molecule has 0 saturated carbocycles. The van der Waals surface area contributed by atoms with Crippen molar-refractivity contribution < 1.29 is 14.2 Å². The van der Waals surface area contributed by atoms with Crippen molar-refractivity contribution in [2.75, 3.05) is 7.11 Å². The lowest BCUT2D eigenvalue weighted by Gasteiger charge is -2.23. The van der Waals surface area contributed by atoms with Crippen LogP contribution in [-0.4, -0.2) is 18.1 Å². The minimum absolute atomic E-state index is 0.149. The molecule has 0 aliphatic heterocycles. The number of benzene rings is 1. The molecule has 1 aliphatic rings. The molecule has 0 heterocycles. The van der Waals surface area contributed by atoms with E-state index in [0.717, 1.165) is 17.2 Å². The van der Waals surface area contributed by atoms with Crippen LogP contribution in [0.4, 0.5) is 4.39 Å². The van der Waals surface area contributed by atoms with Gasteiger partial charge in [0.15, 0.2) is 0 Å². The lowest BCUT2D eigenvalue weighted by molar-refractivity contribution is -0.0497. The number of alkyl halides is 1. The third-order valence-corrected chi connectivity index (χ3v) is 2.55. The Balaban J connectivity index is 2.41. The van der Waals surface area contributed by atoms with E-state index in [1.54, 1.807) is 6.08 Å². The van der Waals surface area contributed by atoms with Gasteiger partial charge in [-0.15, -0.1) is 0 Å². The Hall–Kier alpha value is -1.61. The summed E-state index contributed by atoms with van der Waals surface area (Å²) in [5, 5.41) is 9.27. The fourth-order valence-corrected chi connectivity index (χ4v) is 1.74. The maximum atomic E-state index is 13.4. The minimum Gasteiger partial charge on any atom is -0.500 e. The van der Waals surface area contributed by atoms with E-state index >= 15 is 0 Å². The molecule has 0 fully saturated rings. The zero-order valence-corrected chi connectivity index (χ0v) is 8.98. The molecule has 1 unspecified atom stereocenters. The lowest BCUT2D eigenvalue weighted by atomic mass is 9.95. The van der Waals surface area contributed by atoms with Crippen molar-refractivity contribution >= 4 is 5.57 Å². The lowest BCUT2D eigenvalue weighted by Crippen LogP contribution is -2.23. The number of hydrogen-bond acceptors (Lipinski definition) is 2. The van der Waals surface area contributed by atoms with Gasteiger partial charge in [0.2, 0.25) is 5.85 Å². The van der Waals surface area contributed by atoms with Crippen LogP contribution in [0.5, 0.6) is 0 Å². The van der Waals surface area contributed by atoms with Gasteiger partial charge in [-0.2, -0.15) is 0 Å². The zero-order chi connectivity index (χ0) is 11.6. The van der Waals surface area contributed by atoms with Gasteiger partial charge in [0.1, 0.15) is 5.76 Å². The van der Waals surface area contributed by atoms with Gasteiger partial charge in [-0.1, -0.05) is 30.3 Å². The van der Waals surface area contributed by atoms with Crippen LogP contribution in [0.1, 0.15) is 12.0 Å². The van der Waals surface area contributed by atoms with Gasteiger partial charge in [0, 0.05) is 5.57 Å². The Labute approximate surface area is 93.7 Å². The third-order valence-electron chi connectivity index (χ3n) is 2.55. The minimum atomic E-state index is -2.30. The number of rotatable bonds is 2. The molecule has 16 heavy (non-hydrogen) atoms. The first-order valence-electron chi connectivity index (χ1n) is 5.05. The van der Waals surface area contributed by atoms with Gasteiger partial charge in [-0.25, -0.2) is 4.39 Å². The zero-order valence-electron chi connectivity index (χ0n) is 8.98. The predicted octanol–water partition coefficient (Wildman–Crippen LogP) is 2.66. The Morgan fingerprint density at radius 2 is 2.00 bits per heavy atom. The molecule has 2 rings (SSSR count). The quantitative estimate of drug-likeness (QED) is 0.830. The Bertz CT molecular complexity index is 433. The predicted molar refractivity (Wildman–Crippen MR) is 60.2 cm³/mol. The normalized spacial score (nSPS) is 24.7. The molecule has 84 valence electrons. The smallest absolute Gasteiger partial charge is 0.233 e. The second-order valence-corrected chi connectivity index (χ2v) is 3.74. The van der Waals surface area contributed by atoms with Crippen LogP contribution in [0.15, 0.2) is 48.2 Å². The van der Waals surface area contributed by atoms with E-state index in [9.17, 15) is 9.50 Å². The van der Waals surface area contributed by atoms with Crippen molar-refractivity contribution in [1.29, 1.82) is 0 Å². The van der Waals surface area contributed by atoms with Gasteiger partial charge in [0.05, 0.1) is 13.5 Å². The molecule has 3 heteroatoms. The maximum absolute atomic E-state index is 13.4. The summed E-state index contributed by atoms with van der Waals surface area (Å²) in [6, 6.07) is 9.55. The first kappa shape index (κ1) is 10.9. The summed E-state index contributed by atoms with van der Waals surface area (Å²) in [4.78, 5) is 0. The number of hydrogen-bond donors (Lipinski definition) is 1. The van der Waals surface area contributed by atoms with E-state index in [0.29, 0.717) is 5.76 Å². The monoisotopic (exact) mass is 220 g/mol. The first-order chi connectivity index (χ1) is 7.62. The van der Waals surface area contributed by atoms with E-state index in [2.05, 4.69) is 0 Å². The van der Waals surface area contributed by atoms with Crippen molar-refractivity contribution in [1.82, 2.24) is 0 Å². The highest BCUT2D eigenvalue weighted by Crippen LogP contribution is 2.33. The standard InChI is InChI=1S/C13H13FO2/c1-16-12-9-13(14,15)8-7-11(12)10-5-3-2-4-6-10/h2-8,15H,9H2,1H3. The summed E-state index contributed by atoms with van der Waals surface area (Å²) >= 11 is 0. The first-order valence-corrected chi connectivity index (χ1v) is 5.05. The molecule has 1 aromatic carbocycles. The largest absolute Gasteiger partial charge is 0.500 e. The van der Waals surface area contributed by atoms with Gasteiger partial charge in [-0.3, -0.25) is 0 Å². The highest BCUT2D eigenvalue weighted by Gasteiger charge is 2.29.